The van der Waals surface area contributed by atoms with Crippen molar-refractivity contribution >= 4 is 0 Å². The van der Waals surface area contributed by atoms with Crippen LogP contribution in [0.3, 0.4) is 0 Å². The van der Waals surface area contributed by atoms with E-state index in [1.54, 1.807) is 6.07 Å². The van der Waals surface area contributed by atoms with Gasteiger partial charge in [-0.15, -0.1) is 13.2 Å². The van der Waals surface area contributed by atoms with E-state index >= 15 is 0 Å². The van der Waals surface area contributed by atoms with Crippen molar-refractivity contribution in [2.24, 2.45) is 5.73 Å². The first kappa shape index (κ1) is 15.7. The van der Waals surface area contributed by atoms with E-state index in [1.807, 2.05) is 18.2 Å². The van der Waals surface area contributed by atoms with Crippen LogP contribution in [0.1, 0.15) is 16.7 Å². The summed E-state index contributed by atoms with van der Waals surface area (Å²) < 4.78 is 46.6. The second-order valence-corrected chi connectivity index (χ2v) is 5.55. The van der Waals surface area contributed by atoms with Gasteiger partial charge < -0.3 is 15.2 Å². The maximum absolute atomic E-state index is 12.4. The Kier molecular flexibility index (Phi) is 4.17. The van der Waals surface area contributed by atoms with Gasteiger partial charge in [0, 0.05) is 6.04 Å². The number of hydrogen-bond acceptors (Lipinski definition) is 3. The Balaban J connectivity index is 1.71. The van der Waals surface area contributed by atoms with E-state index in [9.17, 15) is 13.2 Å². The first-order chi connectivity index (χ1) is 10.9. The lowest BCUT2D eigenvalue weighted by atomic mass is 10.1. The topological polar surface area (TPSA) is 44.5 Å². The van der Waals surface area contributed by atoms with Crippen molar-refractivity contribution in [1.29, 1.82) is 0 Å². The highest BCUT2D eigenvalue weighted by Crippen LogP contribution is 2.32. The SMILES string of the molecule is N[C@H]1Cc2ccc(COc3ccccc3OC(F)(F)F)cc2C1. The Morgan fingerprint density at radius 1 is 1.00 bits per heavy atom. The molecule has 1 aliphatic rings. The van der Waals surface area contributed by atoms with Crippen molar-refractivity contribution in [3.8, 4) is 11.5 Å². The van der Waals surface area contributed by atoms with Gasteiger partial charge in [-0.1, -0.05) is 30.3 Å². The zero-order chi connectivity index (χ0) is 16.4. The van der Waals surface area contributed by atoms with E-state index < -0.39 is 6.36 Å². The van der Waals surface area contributed by atoms with Crippen LogP contribution in [0.2, 0.25) is 0 Å². The van der Waals surface area contributed by atoms with Gasteiger partial charge in [-0.3, -0.25) is 0 Å². The molecule has 0 unspecified atom stereocenters. The number of alkyl halides is 3. The van der Waals surface area contributed by atoms with Crippen LogP contribution in [-0.4, -0.2) is 12.4 Å². The van der Waals surface area contributed by atoms with Crippen LogP contribution < -0.4 is 15.2 Å². The van der Waals surface area contributed by atoms with Crippen molar-refractivity contribution in [3.63, 3.8) is 0 Å². The van der Waals surface area contributed by atoms with Gasteiger partial charge in [0.05, 0.1) is 0 Å². The Bertz CT molecular complexity index is 700. The number of benzene rings is 2. The summed E-state index contributed by atoms with van der Waals surface area (Å²) in [7, 11) is 0. The number of para-hydroxylation sites is 2. The zero-order valence-electron chi connectivity index (χ0n) is 12.3. The average Bonchev–Trinajstić information content (AvgIpc) is 2.84. The Morgan fingerprint density at radius 2 is 1.70 bits per heavy atom. The number of fused-ring (bicyclic) bond motifs is 1. The van der Waals surface area contributed by atoms with E-state index in [0.717, 1.165) is 18.4 Å². The van der Waals surface area contributed by atoms with Crippen LogP contribution in [0.5, 0.6) is 11.5 Å². The maximum Gasteiger partial charge on any atom is 0.573 e. The van der Waals surface area contributed by atoms with Crippen LogP contribution >= 0.6 is 0 Å². The monoisotopic (exact) mass is 323 g/mol. The molecule has 0 fully saturated rings. The molecule has 3 rings (SSSR count). The van der Waals surface area contributed by atoms with Gasteiger partial charge in [0.1, 0.15) is 6.61 Å². The highest BCUT2D eigenvalue weighted by atomic mass is 19.4. The molecule has 3 nitrogen and oxygen atoms in total. The molecular weight excluding hydrogens is 307 g/mol. The average molecular weight is 323 g/mol. The van der Waals surface area contributed by atoms with Crippen molar-refractivity contribution in [1.82, 2.24) is 0 Å². The smallest absolute Gasteiger partial charge is 0.485 e. The van der Waals surface area contributed by atoms with Gasteiger partial charge in [0.15, 0.2) is 11.5 Å². The molecule has 23 heavy (non-hydrogen) atoms. The summed E-state index contributed by atoms with van der Waals surface area (Å²) in [6.07, 6.45) is -3.07. The molecule has 1 aliphatic carbocycles. The van der Waals surface area contributed by atoms with Gasteiger partial charge in [0.25, 0.3) is 0 Å². The van der Waals surface area contributed by atoms with Crippen molar-refractivity contribution in [2.45, 2.75) is 31.9 Å². The van der Waals surface area contributed by atoms with Gasteiger partial charge in [-0.2, -0.15) is 0 Å². The normalized spacial score (nSPS) is 17.0. The second-order valence-electron chi connectivity index (χ2n) is 5.55. The van der Waals surface area contributed by atoms with Crippen LogP contribution in [0.4, 0.5) is 13.2 Å². The third kappa shape index (κ3) is 3.96. The summed E-state index contributed by atoms with van der Waals surface area (Å²) in [6.45, 7) is 0.167. The third-order valence-electron chi connectivity index (χ3n) is 3.70. The first-order valence-electron chi connectivity index (χ1n) is 7.24. The second kappa shape index (κ2) is 6.12. The van der Waals surface area contributed by atoms with Crippen molar-refractivity contribution < 1.29 is 22.6 Å². The van der Waals surface area contributed by atoms with Crippen molar-refractivity contribution in [2.75, 3.05) is 0 Å². The maximum atomic E-state index is 12.4. The minimum absolute atomic E-state index is 0.0574. The lowest BCUT2D eigenvalue weighted by Crippen LogP contribution is -2.19. The summed E-state index contributed by atoms with van der Waals surface area (Å²) in [5, 5.41) is 0. The molecule has 1 atom stereocenters. The number of ether oxygens (including phenoxy) is 2. The van der Waals surface area contributed by atoms with Crippen LogP contribution in [0, 0.1) is 0 Å². The minimum Gasteiger partial charge on any atom is -0.485 e. The van der Waals surface area contributed by atoms with E-state index in [0.29, 0.717) is 0 Å². The molecule has 0 radical (unpaired) electrons. The first-order valence-corrected chi connectivity index (χ1v) is 7.24. The fraction of sp³-hybridized carbons (Fsp3) is 0.294. The standard InChI is InChI=1S/C17H16F3NO2/c18-17(19,20)23-16-4-2-1-3-15(16)22-10-11-5-6-12-8-14(21)9-13(12)7-11/h1-7,14H,8-10,21H2/t14-/m0/s1. The molecule has 0 bridgehead atoms. The highest BCUT2D eigenvalue weighted by Gasteiger charge is 2.32. The largest absolute Gasteiger partial charge is 0.573 e. The molecule has 2 N–H and O–H groups in total. The molecular formula is C17H16F3NO2. The molecule has 0 aliphatic heterocycles. The fourth-order valence-corrected chi connectivity index (χ4v) is 2.73. The summed E-state index contributed by atoms with van der Waals surface area (Å²) in [5.41, 5.74) is 9.22. The number of rotatable bonds is 4. The van der Waals surface area contributed by atoms with Gasteiger partial charge in [-0.05, 0) is 41.7 Å². The predicted octanol–water partition coefficient (Wildman–Crippen LogP) is 3.59. The van der Waals surface area contributed by atoms with Crippen LogP contribution in [0.25, 0.3) is 0 Å². The molecule has 0 spiro atoms. The lowest BCUT2D eigenvalue weighted by molar-refractivity contribution is -0.275. The molecule has 0 aromatic heterocycles. The van der Waals surface area contributed by atoms with Gasteiger partial charge in [-0.25, -0.2) is 0 Å². The molecule has 0 saturated carbocycles. The molecule has 122 valence electrons. The van der Waals surface area contributed by atoms with Crippen LogP contribution in [0.15, 0.2) is 42.5 Å². The quantitative estimate of drug-likeness (QED) is 0.935. The molecule has 2 aromatic carbocycles. The number of nitrogens with two attached hydrogens (primary N) is 1. The summed E-state index contributed by atoms with van der Waals surface area (Å²) in [4.78, 5) is 0. The zero-order valence-corrected chi connectivity index (χ0v) is 12.3. The van der Waals surface area contributed by atoms with Gasteiger partial charge in [0.2, 0.25) is 0 Å². The van der Waals surface area contributed by atoms with Crippen LogP contribution in [-0.2, 0) is 19.4 Å². The van der Waals surface area contributed by atoms with E-state index in [-0.39, 0.29) is 24.1 Å². The molecule has 0 saturated heterocycles. The summed E-state index contributed by atoms with van der Waals surface area (Å²) >= 11 is 0. The Morgan fingerprint density at radius 3 is 2.43 bits per heavy atom. The number of halogens is 3. The van der Waals surface area contributed by atoms with E-state index in [1.165, 1.54) is 29.3 Å². The van der Waals surface area contributed by atoms with Gasteiger partial charge >= 0.3 is 6.36 Å². The van der Waals surface area contributed by atoms with E-state index in [4.69, 9.17) is 10.5 Å². The van der Waals surface area contributed by atoms with Crippen molar-refractivity contribution in [3.05, 3.63) is 59.2 Å². The molecule has 0 amide bonds. The molecule has 0 heterocycles. The predicted molar refractivity (Wildman–Crippen MR) is 79.3 cm³/mol. The minimum atomic E-state index is -4.75. The fourth-order valence-electron chi connectivity index (χ4n) is 2.73. The van der Waals surface area contributed by atoms with E-state index in [2.05, 4.69) is 4.74 Å². The Hall–Kier alpha value is -2.21. The molecule has 6 heteroatoms. The number of hydrogen-bond donors (Lipinski definition) is 1. The third-order valence-corrected chi connectivity index (χ3v) is 3.70. The molecule has 2 aromatic rings. The Labute approximate surface area is 131 Å². The lowest BCUT2D eigenvalue weighted by Gasteiger charge is -2.14. The summed E-state index contributed by atoms with van der Waals surface area (Å²) in [6, 6.07) is 11.8. The summed E-state index contributed by atoms with van der Waals surface area (Å²) in [5.74, 6) is -0.287. The highest BCUT2D eigenvalue weighted by molar-refractivity contribution is 5.40.